The number of rotatable bonds is 6. The molecule has 1 heterocycles. The van der Waals surface area contributed by atoms with E-state index in [1.807, 2.05) is 65.2 Å². The van der Waals surface area contributed by atoms with Crippen LogP contribution in [0.25, 0.3) is 17.1 Å². The van der Waals surface area contributed by atoms with Crippen molar-refractivity contribution in [3.63, 3.8) is 0 Å². The lowest BCUT2D eigenvalue weighted by Crippen LogP contribution is -2.19. The number of thioether (sulfide) groups is 1. The fourth-order valence-electron chi connectivity index (χ4n) is 3.02. The van der Waals surface area contributed by atoms with Gasteiger partial charge < -0.3 is 5.73 Å². The van der Waals surface area contributed by atoms with Crippen molar-refractivity contribution < 1.29 is 4.79 Å². The molecule has 0 saturated heterocycles. The van der Waals surface area contributed by atoms with Crippen LogP contribution in [0.2, 0.25) is 10.0 Å². The first-order valence-electron chi connectivity index (χ1n) is 9.02. The first-order valence-corrected chi connectivity index (χ1v) is 10.7. The van der Waals surface area contributed by atoms with Crippen LogP contribution in [0, 0.1) is 0 Å². The number of benzene rings is 3. The van der Waals surface area contributed by atoms with Gasteiger partial charge in [-0.2, -0.15) is 0 Å². The van der Waals surface area contributed by atoms with Crippen molar-refractivity contribution in [2.45, 2.75) is 10.4 Å². The average molecular weight is 455 g/mol. The summed E-state index contributed by atoms with van der Waals surface area (Å²) < 4.78 is 1.86. The molecule has 1 aromatic heterocycles. The normalized spacial score (nSPS) is 11.9. The van der Waals surface area contributed by atoms with Gasteiger partial charge >= 0.3 is 0 Å². The Morgan fingerprint density at radius 1 is 0.933 bits per heavy atom. The minimum absolute atomic E-state index is 0.457. The minimum Gasteiger partial charge on any atom is -0.368 e. The van der Waals surface area contributed by atoms with Crippen molar-refractivity contribution in [2.75, 3.05) is 0 Å². The number of para-hydroxylation sites is 1. The van der Waals surface area contributed by atoms with Gasteiger partial charge in [-0.15, -0.1) is 10.2 Å². The Labute approximate surface area is 187 Å². The van der Waals surface area contributed by atoms with E-state index in [1.165, 1.54) is 11.8 Å². The summed E-state index contributed by atoms with van der Waals surface area (Å²) in [6.07, 6.45) is 0. The van der Waals surface area contributed by atoms with E-state index in [-0.39, 0.29) is 0 Å². The van der Waals surface area contributed by atoms with Gasteiger partial charge in [-0.05, 0) is 35.9 Å². The smallest absolute Gasteiger partial charge is 0.235 e. The quantitative estimate of drug-likeness (QED) is 0.387. The average Bonchev–Trinajstić information content (AvgIpc) is 3.16. The molecule has 0 aliphatic carbocycles. The lowest BCUT2D eigenvalue weighted by atomic mass is 10.1. The Kier molecular flexibility index (Phi) is 6.08. The van der Waals surface area contributed by atoms with E-state index >= 15 is 0 Å². The predicted molar refractivity (Wildman–Crippen MR) is 121 cm³/mol. The van der Waals surface area contributed by atoms with E-state index in [9.17, 15) is 4.79 Å². The maximum Gasteiger partial charge on any atom is 0.235 e. The van der Waals surface area contributed by atoms with Crippen molar-refractivity contribution >= 4 is 40.9 Å². The van der Waals surface area contributed by atoms with Gasteiger partial charge in [-0.1, -0.05) is 83.5 Å². The zero-order valence-corrected chi connectivity index (χ0v) is 17.9. The van der Waals surface area contributed by atoms with Crippen LogP contribution in [0.1, 0.15) is 10.8 Å². The summed E-state index contributed by atoms with van der Waals surface area (Å²) in [5, 5.41) is 9.62. The molecule has 1 atom stereocenters. The van der Waals surface area contributed by atoms with Crippen molar-refractivity contribution in [2.24, 2.45) is 5.73 Å². The van der Waals surface area contributed by atoms with E-state index in [0.717, 1.165) is 11.3 Å². The van der Waals surface area contributed by atoms with Gasteiger partial charge in [-0.3, -0.25) is 9.36 Å². The number of hydrogen-bond donors (Lipinski definition) is 1. The number of carbonyl (C=O) groups excluding carboxylic acids is 1. The molecular formula is C22H16Cl2N4OS. The lowest BCUT2D eigenvalue weighted by molar-refractivity contribution is -0.117. The monoisotopic (exact) mass is 454 g/mol. The summed E-state index contributed by atoms with van der Waals surface area (Å²) >= 11 is 13.7. The zero-order valence-electron chi connectivity index (χ0n) is 15.6. The number of nitrogens with zero attached hydrogens (tertiary/aromatic N) is 3. The Hall–Kier alpha value is -2.80. The van der Waals surface area contributed by atoms with Crippen molar-refractivity contribution in [1.82, 2.24) is 14.8 Å². The molecule has 0 radical (unpaired) electrons. The molecule has 0 spiro atoms. The van der Waals surface area contributed by atoms with Crippen LogP contribution in [0.4, 0.5) is 0 Å². The van der Waals surface area contributed by atoms with Crippen LogP contribution in [-0.2, 0) is 4.79 Å². The largest absolute Gasteiger partial charge is 0.368 e. The fraction of sp³-hybridized carbons (Fsp3) is 0.0455. The van der Waals surface area contributed by atoms with Crippen molar-refractivity contribution in [1.29, 1.82) is 0 Å². The van der Waals surface area contributed by atoms with Crippen LogP contribution < -0.4 is 5.73 Å². The molecular weight excluding hydrogens is 439 g/mol. The highest BCUT2D eigenvalue weighted by atomic mass is 35.5. The summed E-state index contributed by atoms with van der Waals surface area (Å²) in [6.45, 7) is 0. The second-order valence-corrected chi connectivity index (χ2v) is 8.33. The number of hydrogen-bond acceptors (Lipinski definition) is 4. The van der Waals surface area contributed by atoms with E-state index in [0.29, 0.717) is 26.6 Å². The van der Waals surface area contributed by atoms with Gasteiger partial charge in [-0.25, -0.2) is 0 Å². The number of aromatic nitrogens is 3. The third kappa shape index (κ3) is 4.21. The van der Waals surface area contributed by atoms with Gasteiger partial charge in [0.2, 0.25) is 5.91 Å². The van der Waals surface area contributed by atoms with E-state index in [4.69, 9.17) is 28.9 Å². The molecule has 0 aliphatic heterocycles. The molecule has 1 unspecified atom stereocenters. The number of halogens is 2. The van der Waals surface area contributed by atoms with Crippen LogP contribution in [0.15, 0.2) is 84.0 Å². The topological polar surface area (TPSA) is 73.8 Å². The second-order valence-electron chi connectivity index (χ2n) is 6.41. The molecule has 30 heavy (non-hydrogen) atoms. The minimum atomic E-state index is -0.619. The Bertz CT molecular complexity index is 1180. The first-order chi connectivity index (χ1) is 14.5. The van der Waals surface area contributed by atoms with Crippen LogP contribution in [-0.4, -0.2) is 20.7 Å². The van der Waals surface area contributed by atoms with Gasteiger partial charge in [0.05, 0.1) is 5.02 Å². The summed E-state index contributed by atoms with van der Waals surface area (Å²) in [6, 6.07) is 24.2. The number of carbonyl (C=O) groups is 1. The van der Waals surface area contributed by atoms with Crippen LogP contribution in [0.5, 0.6) is 0 Å². The summed E-state index contributed by atoms with van der Waals surface area (Å²) in [5.41, 5.74) is 8.02. The van der Waals surface area contributed by atoms with Gasteiger partial charge in [0.25, 0.3) is 0 Å². The molecule has 5 nitrogen and oxygen atoms in total. The van der Waals surface area contributed by atoms with Crippen molar-refractivity contribution in [3.05, 3.63) is 94.5 Å². The Morgan fingerprint density at radius 2 is 1.60 bits per heavy atom. The molecule has 0 fully saturated rings. The van der Waals surface area contributed by atoms with Gasteiger partial charge in [0.1, 0.15) is 5.25 Å². The fourth-order valence-corrected chi connectivity index (χ4v) is 4.52. The van der Waals surface area contributed by atoms with E-state index in [1.54, 1.807) is 18.2 Å². The lowest BCUT2D eigenvalue weighted by Gasteiger charge is -2.15. The molecule has 1 amide bonds. The molecule has 0 aliphatic rings. The molecule has 0 bridgehead atoms. The summed E-state index contributed by atoms with van der Waals surface area (Å²) in [7, 11) is 0. The molecule has 4 rings (SSSR count). The summed E-state index contributed by atoms with van der Waals surface area (Å²) in [4.78, 5) is 12.2. The van der Waals surface area contributed by atoms with E-state index in [2.05, 4.69) is 10.2 Å². The third-order valence-corrected chi connectivity index (χ3v) is 6.17. The first kappa shape index (κ1) is 20.5. The number of amides is 1. The Morgan fingerprint density at radius 3 is 2.23 bits per heavy atom. The van der Waals surface area contributed by atoms with Gasteiger partial charge in [0.15, 0.2) is 11.0 Å². The second kappa shape index (κ2) is 8.92. The number of primary amides is 1. The molecule has 150 valence electrons. The highest BCUT2D eigenvalue weighted by molar-refractivity contribution is 8.00. The summed E-state index contributed by atoms with van der Waals surface area (Å²) in [5.74, 6) is 0.0848. The van der Waals surface area contributed by atoms with Crippen LogP contribution in [0.3, 0.4) is 0 Å². The molecule has 8 heteroatoms. The molecule has 4 aromatic rings. The van der Waals surface area contributed by atoms with Crippen LogP contribution >= 0.6 is 35.0 Å². The molecule has 3 aromatic carbocycles. The maximum atomic E-state index is 12.2. The molecule has 2 N–H and O–H groups in total. The Balaban J connectivity index is 1.84. The standard InChI is InChI=1S/C22H16Cl2N4OS/c23-15-11-12-17(18(24)13-15)21-26-27-22(28(21)16-9-5-2-6-10-16)30-19(20(25)29)14-7-3-1-4-8-14/h1-13,19H,(H2,25,29). The highest BCUT2D eigenvalue weighted by Gasteiger charge is 2.25. The third-order valence-electron chi connectivity index (χ3n) is 4.40. The predicted octanol–water partition coefficient (Wildman–Crippen LogP) is 5.56. The maximum absolute atomic E-state index is 12.2. The number of nitrogens with two attached hydrogens (primary N) is 1. The zero-order chi connectivity index (χ0) is 21.1. The van der Waals surface area contributed by atoms with Crippen molar-refractivity contribution in [3.8, 4) is 17.1 Å². The van der Waals surface area contributed by atoms with Gasteiger partial charge in [0, 0.05) is 16.3 Å². The highest BCUT2D eigenvalue weighted by Crippen LogP contribution is 2.38. The molecule has 0 saturated carbocycles. The van der Waals surface area contributed by atoms with E-state index < -0.39 is 11.2 Å². The SMILES string of the molecule is NC(=O)C(Sc1nnc(-c2ccc(Cl)cc2Cl)n1-c1ccccc1)c1ccccc1.